The molecule has 2 nitrogen and oxygen atoms in total. The summed E-state index contributed by atoms with van der Waals surface area (Å²) in [4.78, 5) is 4.61. The van der Waals surface area contributed by atoms with E-state index >= 15 is 0 Å². The molecule has 4 aromatic rings. The van der Waals surface area contributed by atoms with Gasteiger partial charge in [0.1, 0.15) is 0 Å². The van der Waals surface area contributed by atoms with Gasteiger partial charge in [-0.15, -0.1) is 0 Å². The summed E-state index contributed by atoms with van der Waals surface area (Å²) in [5.74, 6) is 0. The lowest BCUT2D eigenvalue weighted by molar-refractivity contribution is 1.17. The maximum Gasteiger partial charge on any atom is 0.0703 e. The average molecular weight is 333 g/mol. The van der Waals surface area contributed by atoms with Crippen LogP contribution in [0.5, 0.6) is 0 Å². The molecular weight excluding hydrogens is 316 g/mol. The van der Waals surface area contributed by atoms with Crippen molar-refractivity contribution in [1.82, 2.24) is 0 Å². The third-order valence-electron chi connectivity index (χ3n) is 4.68. The molecule has 0 aliphatic carbocycles. The Morgan fingerprint density at radius 3 is 1.50 bits per heavy atom. The van der Waals surface area contributed by atoms with Crippen LogP contribution < -0.4 is 9.80 Å². The summed E-state index contributed by atoms with van der Waals surface area (Å²) in [5, 5.41) is 0. The Hall–Kier alpha value is -3.52. The van der Waals surface area contributed by atoms with Crippen molar-refractivity contribution < 1.29 is 0 Å². The second-order valence-electron chi connectivity index (χ2n) is 6.23. The number of hydrogen-bond acceptors (Lipinski definition) is 2. The van der Waals surface area contributed by atoms with E-state index in [9.17, 15) is 0 Å². The van der Waals surface area contributed by atoms with Gasteiger partial charge in [0.05, 0.1) is 28.4 Å². The molecule has 0 N–H and O–H groups in total. The lowest BCUT2D eigenvalue weighted by Crippen LogP contribution is -2.23. The summed E-state index contributed by atoms with van der Waals surface area (Å²) in [7, 11) is 0. The van der Waals surface area contributed by atoms with Crippen LogP contribution in [-0.2, 0) is 0 Å². The second kappa shape index (κ2) is 6.08. The predicted octanol–water partition coefficient (Wildman–Crippen LogP) is 6.74. The Balaban J connectivity index is 1.80. The van der Waals surface area contributed by atoms with Crippen LogP contribution in [0.3, 0.4) is 0 Å². The van der Waals surface area contributed by atoms with Gasteiger partial charge in [-0.05, 0) is 42.5 Å². The summed E-state index contributed by atoms with van der Waals surface area (Å²) in [6.07, 6.45) is 0. The van der Waals surface area contributed by atoms with E-state index in [2.05, 4.69) is 107 Å². The van der Waals surface area contributed by atoms with E-state index in [4.69, 9.17) is 0 Å². The fourth-order valence-corrected chi connectivity index (χ4v) is 3.58. The SMILES string of the molecule is [c]1ccccc1N1c2ccccc2N(c2ccccc2)c2ccccc21. The first-order valence-electron chi connectivity index (χ1n) is 8.73. The number of hydrogen-bond donors (Lipinski definition) is 0. The highest BCUT2D eigenvalue weighted by Crippen LogP contribution is 2.53. The molecule has 0 amide bonds. The van der Waals surface area contributed by atoms with Gasteiger partial charge in [0.15, 0.2) is 0 Å². The van der Waals surface area contributed by atoms with E-state index in [1.54, 1.807) is 0 Å². The number of rotatable bonds is 2. The lowest BCUT2D eigenvalue weighted by atomic mass is 10.0. The van der Waals surface area contributed by atoms with Crippen molar-refractivity contribution in [3.63, 3.8) is 0 Å². The van der Waals surface area contributed by atoms with Crippen LogP contribution in [0.4, 0.5) is 34.1 Å². The van der Waals surface area contributed by atoms with Crippen molar-refractivity contribution in [3.05, 3.63) is 109 Å². The number of benzene rings is 4. The van der Waals surface area contributed by atoms with E-state index < -0.39 is 0 Å². The zero-order valence-electron chi connectivity index (χ0n) is 14.2. The van der Waals surface area contributed by atoms with Crippen LogP contribution in [0.25, 0.3) is 0 Å². The van der Waals surface area contributed by atoms with Crippen molar-refractivity contribution in [1.29, 1.82) is 0 Å². The molecule has 0 saturated heterocycles. The zero-order chi connectivity index (χ0) is 17.3. The summed E-state index contributed by atoms with van der Waals surface area (Å²) >= 11 is 0. The number of anilines is 6. The van der Waals surface area contributed by atoms with Gasteiger partial charge in [0, 0.05) is 11.8 Å². The van der Waals surface area contributed by atoms with Crippen LogP contribution in [-0.4, -0.2) is 0 Å². The molecule has 0 aromatic heterocycles. The fourth-order valence-electron chi connectivity index (χ4n) is 3.58. The summed E-state index contributed by atoms with van der Waals surface area (Å²) in [5.41, 5.74) is 6.82. The summed E-state index contributed by atoms with van der Waals surface area (Å²) in [6, 6.07) is 39.1. The molecule has 5 rings (SSSR count). The highest BCUT2D eigenvalue weighted by molar-refractivity contribution is 6.01. The van der Waals surface area contributed by atoms with E-state index in [1.165, 1.54) is 0 Å². The predicted molar refractivity (Wildman–Crippen MR) is 108 cm³/mol. The van der Waals surface area contributed by atoms with Gasteiger partial charge in [-0.25, -0.2) is 0 Å². The van der Waals surface area contributed by atoms with Crippen LogP contribution >= 0.6 is 0 Å². The Kier molecular flexibility index (Phi) is 3.46. The Labute approximate surface area is 153 Å². The van der Waals surface area contributed by atoms with Gasteiger partial charge in [0.25, 0.3) is 0 Å². The first-order valence-corrected chi connectivity index (χ1v) is 8.73. The van der Waals surface area contributed by atoms with Crippen LogP contribution in [0, 0.1) is 6.07 Å². The van der Waals surface area contributed by atoms with Crippen molar-refractivity contribution in [2.45, 2.75) is 0 Å². The first-order chi connectivity index (χ1) is 12.9. The van der Waals surface area contributed by atoms with Crippen LogP contribution in [0.1, 0.15) is 0 Å². The zero-order valence-corrected chi connectivity index (χ0v) is 14.2. The Bertz CT molecular complexity index is 909. The topological polar surface area (TPSA) is 6.48 Å². The van der Waals surface area contributed by atoms with Gasteiger partial charge >= 0.3 is 0 Å². The largest absolute Gasteiger partial charge is 0.306 e. The van der Waals surface area contributed by atoms with Gasteiger partial charge in [-0.3, -0.25) is 0 Å². The molecule has 2 heteroatoms. The summed E-state index contributed by atoms with van der Waals surface area (Å²) < 4.78 is 0. The molecule has 1 heterocycles. The number of fused-ring (bicyclic) bond motifs is 2. The third-order valence-corrected chi connectivity index (χ3v) is 4.68. The molecule has 4 aromatic carbocycles. The molecule has 0 saturated carbocycles. The van der Waals surface area contributed by atoms with Crippen molar-refractivity contribution in [3.8, 4) is 0 Å². The summed E-state index contributed by atoms with van der Waals surface area (Å²) in [6.45, 7) is 0. The average Bonchev–Trinajstić information content (AvgIpc) is 2.73. The molecule has 0 bridgehead atoms. The number of para-hydroxylation sites is 6. The van der Waals surface area contributed by atoms with Crippen molar-refractivity contribution in [2.75, 3.05) is 9.80 Å². The van der Waals surface area contributed by atoms with Gasteiger partial charge in [-0.1, -0.05) is 60.7 Å². The highest BCUT2D eigenvalue weighted by Gasteiger charge is 2.29. The quantitative estimate of drug-likeness (QED) is 0.353. The van der Waals surface area contributed by atoms with Crippen molar-refractivity contribution in [2.24, 2.45) is 0 Å². The molecule has 0 unspecified atom stereocenters. The van der Waals surface area contributed by atoms with E-state index in [1.807, 2.05) is 12.1 Å². The maximum absolute atomic E-state index is 3.38. The van der Waals surface area contributed by atoms with E-state index in [0.717, 1.165) is 34.1 Å². The van der Waals surface area contributed by atoms with Gasteiger partial charge < -0.3 is 9.80 Å². The molecule has 0 atom stereocenters. The molecule has 1 radical (unpaired) electrons. The van der Waals surface area contributed by atoms with Crippen LogP contribution in [0.2, 0.25) is 0 Å². The monoisotopic (exact) mass is 333 g/mol. The minimum atomic E-state index is 1.04. The molecule has 1 aliphatic rings. The molecule has 0 fully saturated rings. The number of nitrogens with zero attached hydrogens (tertiary/aromatic N) is 2. The molecule has 123 valence electrons. The molecule has 0 spiro atoms. The van der Waals surface area contributed by atoms with Gasteiger partial charge in [-0.2, -0.15) is 0 Å². The Morgan fingerprint density at radius 2 is 0.962 bits per heavy atom. The van der Waals surface area contributed by atoms with Crippen LogP contribution in [0.15, 0.2) is 103 Å². The fraction of sp³-hybridized carbons (Fsp3) is 0. The Morgan fingerprint density at radius 1 is 0.462 bits per heavy atom. The second-order valence-corrected chi connectivity index (χ2v) is 6.23. The normalized spacial score (nSPS) is 12.5. The van der Waals surface area contributed by atoms with E-state index in [-0.39, 0.29) is 0 Å². The standard InChI is InChI=1S/C24H17N2/c1-3-11-19(12-4-1)25-21-15-7-9-17-23(21)26(20-13-5-2-6-14-20)24-18-10-8-16-22(24)25/h1-13,15-18H. The van der Waals surface area contributed by atoms with Gasteiger partial charge in [0.2, 0.25) is 0 Å². The molecule has 26 heavy (non-hydrogen) atoms. The first kappa shape index (κ1) is 14.8. The van der Waals surface area contributed by atoms with Crippen molar-refractivity contribution >= 4 is 34.1 Å². The lowest BCUT2D eigenvalue weighted by Gasteiger charge is -2.40. The minimum absolute atomic E-state index is 1.04. The third kappa shape index (κ3) is 2.27. The molecular formula is C24H17N2. The highest BCUT2D eigenvalue weighted by atomic mass is 15.3. The minimum Gasteiger partial charge on any atom is -0.306 e. The molecule has 1 aliphatic heterocycles. The smallest absolute Gasteiger partial charge is 0.0703 e. The maximum atomic E-state index is 3.38. The van der Waals surface area contributed by atoms with E-state index in [0.29, 0.717) is 0 Å².